The number of esters is 1. The van der Waals surface area contributed by atoms with E-state index in [1.165, 1.54) is 0 Å². The second kappa shape index (κ2) is 34.2. The normalized spacial score (nSPS) is 27.3. The molecule has 2 heterocycles. The van der Waals surface area contributed by atoms with Crippen LogP contribution in [0.4, 0.5) is 0 Å². The Morgan fingerprint density at radius 3 is 1.96 bits per heavy atom. The first-order chi connectivity index (χ1) is 32.0. The first kappa shape index (κ1) is 60.0. The number of rotatable bonds is 31. The highest BCUT2D eigenvalue weighted by Crippen LogP contribution is 2.28. The lowest BCUT2D eigenvalue weighted by Crippen LogP contribution is -2.58. The molecule has 2 aliphatic heterocycles. The van der Waals surface area contributed by atoms with E-state index in [2.05, 4.69) is 5.32 Å². The number of carbonyl (C=O) groups is 2. The van der Waals surface area contributed by atoms with Gasteiger partial charge >= 0.3 is 5.97 Å². The molecular weight excluding hydrogens is 896 g/mol. The van der Waals surface area contributed by atoms with Crippen LogP contribution < -0.4 is 11.1 Å². The fourth-order valence-corrected chi connectivity index (χ4v) is 7.36. The van der Waals surface area contributed by atoms with Crippen LogP contribution in [0, 0.1) is 11.8 Å². The highest BCUT2D eigenvalue weighted by atomic mass is 35.5. The van der Waals surface area contributed by atoms with Crippen LogP contribution in [0.25, 0.3) is 0 Å². The van der Waals surface area contributed by atoms with E-state index in [9.17, 15) is 55.5 Å². The van der Waals surface area contributed by atoms with Crippen molar-refractivity contribution in [2.75, 3.05) is 32.2 Å². The molecule has 2 aliphatic rings. The number of alkyl halides is 1. The van der Waals surface area contributed by atoms with Crippen molar-refractivity contribution in [2.45, 2.75) is 157 Å². The SMILES string of the molecule is C[C@@H](C[C@H](O)[C@@H](C)/C=C/C=C/C=C/C=C/C=C/C=C/C=C/C(C[C@@H]1OCC[C@H](O)C1C(=O)NCCCl)O[C@@H]1OC[C@@H](O)[C@H](N)[C@@H]1O)OC(=O)CC(O)CC(O)CCC(O)C(O)CC(O)CCO. The highest BCUT2D eigenvalue weighted by Gasteiger charge is 2.42. The maximum atomic E-state index is 12.9. The molecule has 19 heteroatoms. The van der Waals surface area contributed by atoms with Gasteiger partial charge in [-0.05, 0) is 39.0 Å². The van der Waals surface area contributed by atoms with Crippen molar-refractivity contribution in [3.05, 3.63) is 85.1 Å². The van der Waals surface area contributed by atoms with Crippen molar-refractivity contribution in [3.8, 4) is 0 Å². The van der Waals surface area contributed by atoms with Gasteiger partial charge in [0.05, 0.1) is 86.0 Å². The summed E-state index contributed by atoms with van der Waals surface area (Å²) in [6.45, 7) is 3.56. The molecule has 0 aromatic rings. The summed E-state index contributed by atoms with van der Waals surface area (Å²) < 4.78 is 22.8. The molecule has 2 saturated heterocycles. The Kier molecular flexibility index (Phi) is 30.6. The third kappa shape index (κ3) is 24.8. The molecule has 0 aromatic carbocycles. The largest absolute Gasteiger partial charge is 0.462 e. The second-order valence-corrected chi connectivity index (χ2v) is 17.4. The van der Waals surface area contributed by atoms with Crippen LogP contribution in [0.2, 0.25) is 0 Å². The molecule has 18 nitrogen and oxygen atoms in total. The van der Waals surface area contributed by atoms with E-state index in [0.29, 0.717) is 6.42 Å². The zero-order chi connectivity index (χ0) is 49.7. The van der Waals surface area contributed by atoms with E-state index in [-0.39, 0.29) is 95.4 Å². The number of ether oxygens (including phenoxy) is 4. The maximum Gasteiger partial charge on any atom is 0.308 e. The maximum absolute atomic E-state index is 12.9. The summed E-state index contributed by atoms with van der Waals surface area (Å²) in [5.41, 5.74) is 5.93. The van der Waals surface area contributed by atoms with Crippen LogP contribution in [0.5, 0.6) is 0 Å². The molecule has 16 atom stereocenters. The predicted molar refractivity (Wildman–Crippen MR) is 251 cm³/mol. The molecule has 0 spiro atoms. The highest BCUT2D eigenvalue weighted by molar-refractivity contribution is 6.18. The molecule has 2 fully saturated rings. The quantitative estimate of drug-likeness (QED) is 0.0258. The lowest BCUT2D eigenvalue weighted by atomic mass is 9.87. The molecule has 0 aromatic heterocycles. The molecule has 67 heavy (non-hydrogen) atoms. The van der Waals surface area contributed by atoms with Gasteiger partial charge in [-0.2, -0.15) is 0 Å². The number of carbonyl (C=O) groups excluding carboxylic acids is 2. The summed E-state index contributed by atoms with van der Waals surface area (Å²) in [6.07, 6.45) is 12.3. The van der Waals surface area contributed by atoms with Gasteiger partial charge in [0, 0.05) is 50.8 Å². The first-order valence-electron chi connectivity index (χ1n) is 23.1. The molecule has 382 valence electrons. The fraction of sp³-hybridized carbons (Fsp3) is 0.667. The number of nitrogens with two attached hydrogens (primary N) is 1. The minimum Gasteiger partial charge on any atom is -0.462 e. The topological polar surface area (TPSA) is 311 Å². The van der Waals surface area contributed by atoms with Gasteiger partial charge < -0.3 is 81.1 Å². The van der Waals surface area contributed by atoms with Gasteiger partial charge in [-0.15, -0.1) is 11.6 Å². The molecule has 13 N–H and O–H groups in total. The van der Waals surface area contributed by atoms with Crippen molar-refractivity contribution >= 4 is 23.5 Å². The van der Waals surface area contributed by atoms with E-state index in [1.54, 1.807) is 43.4 Å². The number of aliphatic hydroxyl groups is 10. The Labute approximate surface area is 399 Å². The third-order valence-electron chi connectivity index (χ3n) is 11.2. The number of amides is 1. The summed E-state index contributed by atoms with van der Waals surface area (Å²) in [6, 6.07) is -0.980. The molecule has 0 bridgehead atoms. The molecular formula is C48H77ClN2O16. The standard InChI is InChI=1S/C48H77ClN2O16/c1-31(39(58)25-32(2)66-43(61)28-35(55)26-33(53)17-18-37(56)40(59)27-34(54)19-23-52)15-13-11-9-7-5-3-4-6-8-10-12-14-16-36(67-48-46(62)45(50)41(60)30-65-48)29-42-44(38(57)20-24-64-42)47(63)51-22-21-49/h3-16,31-42,44-46,48,52-60,62H,17-30,50H2,1-2H3,(H,51,63)/b4-3+,7-5+,8-6+,11-9+,12-10+,15-13+,16-14+/t31-,32-,33?,34?,35?,36?,37?,38-,39-,40?,41+,42-,44?,45-,46-,48-/m0/s1. The van der Waals surface area contributed by atoms with Crippen LogP contribution in [-0.2, 0) is 28.5 Å². The van der Waals surface area contributed by atoms with Gasteiger partial charge in [-0.1, -0.05) is 92.0 Å². The Hall–Kier alpha value is -3.15. The van der Waals surface area contributed by atoms with Crippen LogP contribution >= 0.6 is 11.6 Å². The van der Waals surface area contributed by atoms with E-state index in [4.69, 9.17) is 41.4 Å². The Balaban J connectivity index is 1.78. The fourth-order valence-electron chi connectivity index (χ4n) is 7.27. The van der Waals surface area contributed by atoms with Gasteiger partial charge in [-0.3, -0.25) is 9.59 Å². The van der Waals surface area contributed by atoms with Crippen LogP contribution in [0.1, 0.15) is 71.6 Å². The van der Waals surface area contributed by atoms with Gasteiger partial charge in [0.15, 0.2) is 6.29 Å². The smallest absolute Gasteiger partial charge is 0.308 e. The van der Waals surface area contributed by atoms with Crippen molar-refractivity contribution in [2.24, 2.45) is 17.6 Å². The molecule has 0 aliphatic carbocycles. The summed E-state index contributed by atoms with van der Waals surface area (Å²) in [5.74, 6) is -1.98. The van der Waals surface area contributed by atoms with Gasteiger partial charge in [0.2, 0.25) is 5.91 Å². The molecule has 7 unspecified atom stereocenters. The van der Waals surface area contributed by atoms with Crippen LogP contribution in [-0.4, -0.2) is 181 Å². The predicted octanol–water partition coefficient (Wildman–Crippen LogP) is 0.638. The number of aliphatic hydroxyl groups excluding tert-OH is 10. The first-order valence-corrected chi connectivity index (χ1v) is 23.6. The van der Waals surface area contributed by atoms with Gasteiger partial charge in [0.1, 0.15) is 12.2 Å². The summed E-state index contributed by atoms with van der Waals surface area (Å²) >= 11 is 5.74. The van der Waals surface area contributed by atoms with Crippen molar-refractivity contribution in [1.29, 1.82) is 0 Å². The summed E-state index contributed by atoms with van der Waals surface area (Å²) in [5, 5.41) is 104. The van der Waals surface area contributed by atoms with Gasteiger partial charge in [-0.25, -0.2) is 0 Å². The van der Waals surface area contributed by atoms with Crippen molar-refractivity contribution in [3.63, 3.8) is 0 Å². The summed E-state index contributed by atoms with van der Waals surface area (Å²) in [7, 11) is 0. The minimum absolute atomic E-state index is 0.00311. The average Bonchev–Trinajstić information content (AvgIpc) is 3.27. The zero-order valence-electron chi connectivity index (χ0n) is 38.6. The number of halogens is 1. The van der Waals surface area contributed by atoms with E-state index >= 15 is 0 Å². The molecule has 2 rings (SSSR count). The lowest BCUT2D eigenvalue weighted by molar-refractivity contribution is -0.255. The number of hydrogen-bond acceptors (Lipinski definition) is 17. The lowest BCUT2D eigenvalue weighted by Gasteiger charge is -2.39. The number of allylic oxidation sites excluding steroid dienone is 12. The van der Waals surface area contributed by atoms with E-state index in [0.717, 1.165) is 0 Å². The molecule has 0 saturated carbocycles. The average molecular weight is 974 g/mol. The second-order valence-electron chi connectivity index (χ2n) is 17.0. The molecule has 1 amide bonds. The van der Waals surface area contributed by atoms with Crippen LogP contribution in [0.15, 0.2) is 85.1 Å². The minimum atomic E-state index is -1.31. The Morgan fingerprint density at radius 1 is 0.746 bits per heavy atom. The Bertz CT molecular complexity index is 1590. The van der Waals surface area contributed by atoms with Crippen LogP contribution in [0.3, 0.4) is 0 Å². The zero-order valence-corrected chi connectivity index (χ0v) is 39.4. The van der Waals surface area contributed by atoms with E-state index < -0.39 is 97.5 Å². The van der Waals surface area contributed by atoms with Gasteiger partial charge in [0.25, 0.3) is 0 Å². The monoisotopic (exact) mass is 972 g/mol. The Morgan fingerprint density at radius 2 is 1.34 bits per heavy atom. The third-order valence-corrected chi connectivity index (χ3v) is 11.4. The van der Waals surface area contributed by atoms with E-state index in [1.807, 2.05) is 55.5 Å². The summed E-state index contributed by atoms with van der Waals surface area (Å²) in [4.78, 5) is 25.3. The molecule has 0 radical (unpaired) electrons. The van der Waals surface area contributed by atoms with Crippen molar-refractivity contribution in [1.82, 2.24) is 5.32 Å². The number of hydrogen-bond donors (Lipinski definition) is 12. The van der Waals surface area contributed by atoms with Crippen molar-refractivity contribution < 1.29 is 79.6 Å². The number of nitrogens with one attached hydrogen (secondary N) is 1.